The van der Waals surface area contributed by atoms with Crippen molar-refractivity contribution >= 4 is 29.5 Å². The highest BCUT2D eigenvalue weighted by Crippen LogP contribution is 2.29. The van der Waals surface area contributed by atoms with Gasteiger partial charge >= 0.3 is 6.09 Å². The largest absolute Gasteiger partial charge is 0.444 e. The summed E-state index contributed by atoms with van der Waals surface area (Å²) in [4.78, 5) is 21.9. The molecule has 116 valence electrons. The molecule has 0 aromatic carbocycles. The van der Waals surface area contributed by atoms with E-state index in [1.54, 1.807) is 22.9 Å². The summed E-state index contributed by atoms with van der Waals surface area (Å²) in [6.07, 6.45) is 3.42. The molecule has 0 radical (unpaired) electrons. The third-order valence-electron chi connectivity index (χ3n) is 2.92. The fourth-order valence-corrected chi connectivity index (χ4v) is 3.44. The van der Waals surface area contributed by atoms with Gasteiger partial charge in [0, 0.05) is 24.5 Å². The summed E-state index contributed by atoms with van der Waals surface area (Å²) < 4.78 is 5.43. The molecule has 0 N–H and O–H groups in total. The molecule has 1 amide bonds. The first-order chi connectivity index (χ1) is 9.83. The van der Waals surface area contributed by atoms with Gasteiger partial charge in [-0.2, -0.15) is 0 Å². The molecule has 1 aliphatic rings. The number of likely N-dealkylation sites (tertiary alicyclic amines) is 1. The lowest BCUT2D eigenvalue weighted by atomic mass is 10.1. The predicted molar refractivity (Wildman–Crippen MR) is 83.7 cm³/mol. The van der Waals surface area contributed by atoms with E-state index in [-0.39, 0.29) is 11.4 Å². The van der Waals surface area contributed by atoms with Crippen molar-refractivity contribution in [2.75, 3.05) is 13.1 Å². The molecule has 0 aliphatic carbocycles. The lowest BCUT2D eigenvalue weighted by molar-refractivity contribution is 0.0220. The molecule has 0 saturated carbocycles. The van der Waals surface area contributed by atoms with Crippen LogP contribution in [0.3, 0.4) is 0 Å². The SMILES string of the molecule is CC(C)(C)OC(=O)N1CCC[C@@H](Sc2ccnc(Cl)n2)C1. The van der Waals surface area contributed by atoms with Gasteiger partial charge < -0.3 is 9.64 Å². The van der Waals surface area contributed by atoms with Gasteiger partial charge in [0.25, 0.3) is 0 Å². The molecule has 1 atom stereocenters. The summed E-state index contributed by atoms with van der Waals surface area (Å²) in [5.41, 5.74) is -0.461. The molecule has 2 heterocycles. The zero-order chi connectivity index (χ0) is 15.5. The van der Waals surface area contributed by atoms with Gasteiger partial charge in [-0.3, -0.25) is 0 Å². The van der Waals surface area contributed by atoms with Gasteiger partial charge in [-0.05, 0) is 51.3 Å². The lowest BCUT2D eigenvalue weighted by Gasteiger charge is -2.33. The Labute approximate surface area is 134 Å². The quantitative estimate of drug-likeness (QED) is 0.612. The first-order valence-electron chi connectivity index (χ1n) is 6.96. The van der Waals surface area contributed by atoms with Crippen LogP contribution in [0.1, 0.15) is 33.6 Å². The summed E-state index contributed by atoms with van der Waals surface area (Å²) in [5.74, 6) is 0. The van der Waals surface area contributed by atoms with Gasteiger partial charge in [-0.25, -0.2) is 14.8 Å². The maximum absolute atomic E-state index is 12.1. The van der Waals surface area contributed by atoms with Crippen LogP contribution in [0.5, 0.6) is 0 Å². The number of amides is 1. The first kappa shape index (κ1) is 16.4. The topological polar surface area (TPSA) is 55.3 Å². The van der Waals surface area contributed by atoms with Crippen molar-refractivity contribution in [1.82, 2.24) is 14.9 Å². The smallest absolute Gasteiger partial charge is 0.410 e. The van der Waals surface area contributed by atoms with E-state index in [1.807, 2.05) is 26.8 Å². The number of rotatable bonds is 2. The van der Waals surface area contributed by atoms with Gasteiger partial charge in [0.15, 0.2) is 0 Å². The van der Waals surface area contributed by atoms with Crippen molar-refractivity contribution in [2.45, 2.75) is 49.5 Å². The third kappa shape index (κ3) is 5.36. The van der Waals surface area contributed by atoms with E-state index in [0.717, 1.165) is 24.4 Å². The minimum absolute atomic E-state index is 0.242. The van der Waals surface area contributed by atoms with Crippen molar-refractivity contribution in [2.24, 2.45) is 0 Å². The van der Waals surface area contributed by atoms with Crippen LogP contribution in [-0.2, 0) is 4.74 Å². The summed E-state index contributed by atoms with van der Waals surface area (Å²) in [7, 11) is 0. The number of piperidine rings is 1. The van der Waals surface area contributed by atoms with E-state index in [1.165, 1.54) is 0 Å². The standard InChI is InChI=1S/C14H20ClN3O2S/c1-14(2,3)20-13(19)18-8-4-5-10(9-18)21-11-6-7-16-12(15)17-11/h6-7,10H,4-5,8-9H2,1-3H3/t10-/m1/s1. The molecule has 0 unspecified atom stereocenters. The zero-order valence-electron chi connectivity index (χ0n) is 12.5. The van der Waals surface area contributed by atoms with Crippen LogP contribution in [0.25, 0.3) is 0 Å². The minimum atomic E-state index is -0.461. The Morgan fingerprint density at radius 2 is 2.29 bits per heavy atom. The molecule has 21 heavy (non-hydrogen) atoms. The highest BCUT2D eigenvalue weighted by molar-refractivity contribution is 7.99. The zero-order valence-corrected chi connectivity index (χ0v) is 14.1. The predicted octanol–water partition coefficient (Wildman–Crippen LogP) is 3.62. The Bertz CT molecular complexity index is 507. The molecule has 1 aromatic rings. The van der Waals surface area contributed by atoms with Gasteiger partial charge in [0.1, 0.15) is 10.6 Å². The average Bonchev–Trinajstić information content (AvgIpc) is 2.37. The van der Waals surface area contributed by atoms with Gasteiger partial charge in [0.05, 0.1) is 0 Å². The molecule has 1 aromatic heterocycles. The molecule has 1 aliphatic heterocycles. The number of aromatic nitrogens is 2. The number of carbonyl (C=O) groups excluding carboxylic acids is 1. The number of carbonyl (C=O) groups is 1. The highest BCUT2D eigenvalue weighted by atomic mass is 35.5. The van der Waals surface area contributed by atoms with Crippen LogP contribution in [0.4, 0.5) is 4.79 Å². The van der Waals surface area contributed by atoms with Crippen LogP contribution < -0.4 is 0 Å². The maximum Gasteiger partial charge on any atom is 0.410 e. The van der Waals surface area contributed by atoms with Gasteiger partial charge in [0.2, 0.25) is 5.28 Å². The Balaban J connectivity index is 1.93. The van der Waals surface area contributed by atoms with E-state index >= 15 is 0 Å². The fraction of sp³-hybridized carbons (Fsp3) is 0.643. The summed E-state index contributed by atoms with van der Waals surface area (Å²) >= 11 is 7.43. The van der Waals surface area contributed by atoms with Crippen molar-refractivity contribution in [1.29, 1.82) is 0 Å². The Morgan fingerprint density at radius 1 is 1.52 bits per heavy atom. The Hall–Kier alpha value is -1.01. The van der Waals surface area contributed by atoms with E-state index in [9.17, 15) is 4.79 Å². The van der Waals surface area contributed by atoms with Crippen LogP contribution in [-0.4, -0.2) is 44.9 Å². The molecule has 1 fully saturated rings. The minimum Gasteiger partial charge on any atom is -0.444 e. The van der Waals surface area contributed by atoms with Crippen LogP contribution in [0, 0.1) is 0 Å². The molecule has 0 bridgehead atoms. The van der Waals surface area contributed by atoms with E-state index in [0.29, 0.717) is 11.8 Å². The Kier molecular flexibility index (Phi) is 5.32. The number of hydrogen-bond donors (Lipinski definition) is 0. The number of halogens is 1. The highest BCUT2D eigenvalue weighted by Gasteiger charge is 2.28. The van der Waals surface area contributed by atoms with Crippen molar-refractivity contribution in [3.63, 3.8) is 0 Å². The second-order valence-corrected chi connectivity index (χ2v) is 7.63. The summed E-state index contributed by atoms with van der Waals surface area (Å²) in [6, 6.07) is 1.84. The second-order valence-electron chi connectivity index (χ2n) is 5.97. The number of ether oxygens (including phenoxy) is 1. The molecule has 5 nitrogen and oxygen atoms in total. The summed E-state index contributed by atoms with van der Waals surface area (Å²) in [5, 5.41) is 1.39. The lowest BCUT2D eigenvalue weighted by Crippen LogP contribution is -2.43. The van der Waals surface area contributed by atoms with Crippen molar-refractivity contribution in [3.05, 3.63) is 17.5 Å². The van der Waals surface area contributed by atoms with E-state index in [2.05, 4.69) is 9.97 Å². The molecule has 2 rings (SSSR count). The van der Waals surface area contributed by atoms with E-state index in [4.69, 9.17) is 16.3 Å². The van der Waals surface area contributed by atoms with Crippen LogP contribution in [0.15, 0.2) is 17.3 Å². The molecule has 7 heteroatoms. The molecular formula is C14H20ClN3O2S. The fourth-order valence-electron chi connectivity index (χ4n) is 2.08. The molecular weight excluding hydrogens is 310 g/mol. The second kappa shape index (κ2) is 6.83. The van der Waals surface area contributed by atoms with Crippen LogP contribution >= 0.6 is 23.4 Å². The number of nitrogens with zero attached hydrogens (tertiary/aromatic N) is 3. The monoisotopic (exact) mass is 329 g/mol. The first-order valence-corrected chi connectivity index (χ1v) is 8.22. The van der Waals surface area contributed by atoms with Crippen LogP contribution in [0.2, 0.25) is 5.28 Å². The summed E-state index contributed by atoms with van der Waals surface area (Å²) in [6.45, 7) is 7.05. The molecule has 0 spiro atoms. The van der Waals surface area contributed by atoms with Gasteiger partial charge in [-0.15, -0.1) is 11.8 Å². The average molecular weight is 330 g/mol. The number of thioether (sulfide) groups is 1. The van der Waals surface area contributed by atoms with E-state index < -0.39 is 5.60 Å². The van der Waals surface area contributed by atoms with Crippen molar-refractivity contribution < 1.29 is 9.53 Å². The van der Waals surface area contributed by atoms with Gasteiger partial charge in [-0.1, -0.05) is 0 Å². The normalized spacial score (nSPS) is 19.4. The van der Waals surface area contributed by atoms with Crippen molar-refractivity contribution in [3.8, 4) is 0 Å². The number of hydrogen-bond acceptors (Lipinski definition) is 5. The maximum atomic E-state index is 12.1. The molecule has 1 saturated heterocycles. The Morgan fingerprint density at radius 3 is 2.95 bits per heavy atom. The third-order valence-corrected chi connectivity index (χ3v) is 4.29.